The molecular formula is C32H21F5N2O2. The van der Waals surface area contributed by atoms with E-state index in [0.717, 1.165) is 35.4 Å². The van der Waals surface area contributed by atoms with Crippen LogP contribution in [0.2, 0.25) is 0 Å². The summed E-state index contributed by atoms with van der Waals surface area (Å²) in [6.07, 6.45) is 0.648. The number of halogens is 5. The summed E-state index contributed by atoms with van der Waals surface area (Å²) in [6.45, 7) is 0.296. The van der Waals surface area contributed by atoms with Crippen LogP contribution in [-0.4, -0.2) is 20.6 Å². The lowest BCUT2D eigenvalue weighted by molar-refractivity contribution is -0.137. The minimum Gasteiger partial charge on any atom is -0.478 e. The summed E-state index contributed by atoms with van der Waals surface area (Å²) < 4.78 is 69.0. The maximum Gasteiger partial charge on any atom is 0.416 e. The predicted octanol–water partition coefficient (Wildman–Crippen LogP) is 8.43. The molecule has 4 aromatic carbocycles. The summed E-state index contributed by atoms with van der Waals surface area (Å²) in [6, 6.07) is 21.6. The zero-order valence-electron chi connectivity index (χ0n) is 21.2. The van der Waals surface area contributed by atoms with Gasteiger partial charge in [0.1, 0.15) is 17.5 Å². The molecule has 0 saturated heterocycles. The Kier molecular flexibility index (Phi) is 7.52. The standard InChI is InChI=1S/C32H21F5N2O2/c33-26-13-14-27(28(34)17-26)29-19-39(18-21-6-11-23(12-7-21)31(40)41)30(38-29)15-8-20-4-9-22(10-5-20)24-2-1-3-25(16-24)32(35,36)37/h1-17,19H,18H2,(H,40,41). The van der Waals surface area contributed by atoms with Crippen molar-refractivity contribution in [1.82, 2.24) is 9.55 Å². The fourth-order valence-electron chi connectivity index (χ4n) is 4.30. The van der Waals surface area contributed by atoms with E-state index in [-0.39, 0.29) is 16.8 Å². The summed E-state index contributed by atoms with van der Waals surface area (Å²) in [5.41, 5.74) is 2.39. The number of hydrogen-bond acceptors (Lipinski definition) is 2. The van der Waals surface area contributed by atoms with E-state index in [4.69, 9.17) is 5.11 Å². The summed E-state index contributed by atoms with van der Waals surface area (Å²) in [5.74, 6) is -2.07. The van der Waals surface area contributed by atoms with Crippen molar-refractivity contribution in [2.45, 2.75) is 12.7 Å². The third-order valence-electron chi connectivity index (χ3n) is 6.43. The van der Waals surface area contributed by atoms with Crippen molar-refractivity contribution < 1.29 is 31.9 Å². The first kappa shape index (κ1) is 27.5. The highest BCUT2D eigenvalue weighted by atomic mass is 19.4. The molecule has 0 unspecified atom stereocenters. The number of nitrogens with zero attached hydrogens (tertiary/aromatic N) is 2. The summed E-state index contributed by atoms with van der Waals surface area (Å²) in [4.78, 5) is 15.7. The molecule has 0 fully saturated rings. The SMILES string of the molecule is O=C(O)c1ccc(Cn2cc(-c3ccc(F)cc3F)nc2C=Cc2ccc(-c3cccc(C(F)(F)F)c3)cc2)cc1. The van der Waals surface area contributed by atoms with Gasteiger partial charge in [0.15, 0.2) is 0 Å². The van der Waals surface area contributed by atoms with Crippen LogP contribution < -0.4 is 0 Å². The highest BCUT2D eigenvalue weighted by Gasteiger charge is 2.30. The van der Waals surface area contributed by atoms with Gasteiger partial charge in [-0.15, -0.1) is 0 Å². The van der Waals surface area contributed by atoms with Gasteiger partial charge in [0, 0.05) is 24.4 Å². The molecule has 1 heterocycles. The average Bonchev–Trinajstić information content (AvgIpc) is 3.34. The van der Waals surface area contributed by atoms with Crippen LogP contribution in [0.3, 0.4) is 0 Å². The largest absolute Gasteiger partial charge is 0.478 e. The van der Waals surface area contributed by atoms with E-state index < -0.39 is 29.3 Å². The third-order valence-corrected chi connectivity index (χ3v) is 6.43. The van der Waals surface area contributed by atoms with E-state index in [0.29, 0.717) is 23.5 Å². The van der Waals surface area contributed by atoms with Gasteiger partial charge >= 0.3 is 12.1 Å². The number of imidazole rings is 1. The van der Waals surface area contributed by atoms with Crippen LogP contribution in [0, 0.1) is 11.6 Å². The molecule has 41 heavy (non-hydrogen) atoms. The number of alkyl halides is 3. The Labute approximate surface area is 231 Å². The molecule has 9 heteroatoms. The Balaban J connectivity index is 1.44. The predicted molar refractivity (Wildman–Crippen MR) is 146 cm³/mol. The molecule has 0 aliphatic rings. The van der Waals surface area contributed by atoms with Gasteiger partial charge in [-0.1, -0.05) is 54.6 Å². The molecule has 0 radical (unpaired) electrons. The van der Waals surface area contributed by atoms with E-state index in [1.54, 1.807) is 65.4 Å². The summed E-state index contributed by atoms with van der Waals surface area (Å²) in [7, 11) is 0. The van der Waals surface area contributed by atoms with Crippen molar-refractivity contribution >= 4 is 18.1 Å². The molecule has 0 atom stereocenters. The fraction of sp³-hybridized carbons (Fsp3) is 0.0625. The first-order valence-corrected chi connectivity index (χ1v) is 12.4. The number of carboxylic acids is 1. The van der Waals surface area contributed by atoms with Crippen LogP contribution in [0.1, 0.15) is 32.9 Å². The Morgan fingerprint density at radius 1 is 0.854 bits per heavy atom. The molecular weight excluding hydrogens is 539 g/mol. The second-order valence-electron chi connectivity index (χ2n) is 9.27. The third kappa shape index (κ3) is 6.41. The van der Waals surface area contributed by atoms with Crippen molar-refractivity contribution in [3.05, 3.63) is 137 Å². The average molecular weight is 561 g/mol. The lowest BCUT2D eigenvalue weighted by Crippen LogP contribution is -2.04. The lowest BCUT2D eigenvalue weighted by atomic mass is 10.0. The Morgan fingerprint density at radius 3 is 2.24 bits per heavy atom. The first-order valence-electron chi connectivity index (χ1n) is 12.4. The zero-order chi connectivity index (χ0) is 29.1. The van der Waals surface area contributed by atoms with E-state index in [1.165, 1.54) is 24.3 Å². The van der Waals surface area contributed by atoms with Gasteiger partial charge in [0.25, 0.3) is 0 Å². The minimum absolute atomic E-state index is 0.117. The second kappa shape index (κ2) is 11.2. The molecule has 4 nitrogen and oxygen atoms in total. The number of hydrogen-bond donors (Lipinski definition) is 1. The molecule has 0 amide bonds. The molecule has 0 bridgehead atoms. The molecule has 1 N–H and O–H groups in total. The van der Waals surface area contributed by atoms with Gasteiger partial charge in [-0.05, 0) is 64.7 Å². The number of rotatable bonds is 7. The molecule has 0 spiro atoms. The van der Waals surface area contributed by atoms with Crippen LogP contribution in [0.5, 0.6) is 0 Å². The van der Waals surface area contributed by atoms with Crippen molar-refractivity contribution in [1.29, 1.82) is 0 Å². The Morgan fingerprint density at radius 2 is 1.59 bits per heavy atom. The van der Waals surface area contributed by atoms with Crippen LogP contribution in [-0.2, 0) is 12.7 Å². The summed E-state index contributed by atoms with van der Waals surface area (Å²) in [5, 5.41) is 9.16. The van der Waals surface area contributed by atoms with E-state index in [9.17, 15) is 26.7 Å². The molecule has 5 aromatic rings. The Hall–Kier alpha value is -5.05. The van der Waals surface area contributed by atoms with Crippen LogP contribution in [0.25, 0.3) is 34.5 Å². The zero-order valence-corrected chi connectivity index (χ0v) is 21.2. The molecule has 0 aliphatic carbocycles. The lowest BCUT2D eigenvalue weighted by Gasteiger charge is -2.09. The van der Waals surface area contributed by atoms with E-state index >= 15 is 0 Å². The highest BCUT2D eigenvalue weighted by Crippen LogP contribution is 2.32. The van der Waals surface area contributed by atoms with Gasteiger partial charge in [-0.2, -0.15) is 13.2 Å². The molecule has 5 rings (SSSR count). The van der Waals surface area contributed by atoms with E-state index in [2.05, 4.69) is 4.98 Å². The van der Waals surface area contributed by atoms with Crippen LogP contribution >= 0.6 is 0 Å². The number of carboxylic acid groups (broad SMARTS) is 1. The van der Waals surface area contributed by atoms with Crippen molar-refractivity contribution in [2.24, 2.45) is 0 Å². The quantitative estimate of drug-likeness (QED) is 0.203. The Bertz CT molecular complexity index is 1740. The number of benzene rings is 4. The maximum absolute atomic E-state index is 14.5. The van der Waals surface area contributed by atoms with Gasteiger partial charge in [0.05, 0.1) is 16.8 Å². The number of carbonyl (C=O) groups is 1. The molecule has 0 aliphatic heterocycles. The van der Waals surface area contributed by atoms with Gasteiger partial charge in [-0.3, -0.25) is 0 Å². The van der Waals surface area contributed by atoms with Crippen molar-refractivity contribution in [3.8, 4) is 22.4 Å². The van der Waals surface area contributed by atoms with Gasteiger partial charge < -0.3 is 9.67 Å². The molecule has 206 valence electrons. The minimum atomic E-state index is -4.44. The normalized spacial score (nSPS) is 11.7. The number of aromatic nitrogens is 2. The van der Waals surface area contributed by atoms with Crippen molar-refractivity contribution in [2.75, 3.05) is 0 Å². The maximum atomic E-state index is 14.5. The fourth-order valence-corrected chi connectivity index (χ4v) is 4.30. The van der Waals surface area contributed by atoms with Crippen LogP contribution in [0.15, 0.2) is 97.2 Å². The molecule has 1 aromatic heterocycles. The second-order valence-corrected chi connectivity index (χ2v) is 9.27. The number of aromatic carboxylic acids is 1. The smallest absolute Gasteiger partial charge is 0.416 e. The first-order chi connectivity index (χ1) is 19.6. The monoisotopic (exact) mass is 560 g/mol. The summed E-state index contributed by atoms with van der Waals surface area (Å²) >= 11 is 0. The van der Waals surface area contributed by atoms with Gasteiger partial charge in [-0.25, -0.2) is 18.6 Å². The molecule has 0 saturated carbocycles. The van der Waals surface area contributed by atoms with Crippen molar-refractivity contribution in [3.63, 3.8) is 0 Å². The van der Waals surface area contributed by atoms with E-state index in [1.807, 2.05) is 0 Å². The topological polar surface area (TPSA) is 55.1 Å². The highest BCUT2D eigenvalue weighted by molar-refractivity contribution is 5.87. The van der Waals surface area contributed by atoms with Gasteiger partial charge in [0.2, 0.25) is 0 Å². The van der Waals surface area contributed by atoms with Crippen LogP contribution in [0.4, 0.5) is 22.0 Å².